The molecule has 1 heterocycles. The average molecular weight is 374 g/mol. The lowest BCUT2D eigenvalue weighted by molar-refractivity contribution is 0.482. The largest absolute Gasteiger partial charge is 0.337 e. The summed E-state index contributed by atoms with van der Waals surface area (Å²) in [4.78, 5) is 9.78. The van der Waals surface area contributed by atoms with Crippen LogP contribution in [0.15, 0.2) is 77.8 Å². The summed E-state index contributed by atoms with van der Waals surface area (Å²) in [5, 5.41) is 0. The third-order valence-corrected chi connectivity index (χ3v) is 4.51. The van der Waals surface area contributed by atoms with Crippen LogP contribution in [0.1, 0.15) is 31.9 Å². The van der Waals surface area contributed by atoms with E-state index < -0.39 is 0 Å². The van der Waals surface area contributed by atoms with Crippen molar-refractivity contribution in [1.29, 1.82) is 0 Å². The molecule has 2 aromatic carbocycles. The minimum Gasteiger partial charge on any atom is -0.337 e. The van der Waals surface area contributed by atoms with Gasteiger partial charge in [-0.15, -0.1) is 0 Å². The van der Waals surface area contributed by atoms with Crippen molar-refractivity contribution in [3.05, 3.63) is 83.9 Å². The lowest BCUT2D eigenvalue weighted by Crippen LogP contribution is -2.36. The highest BCUT2D eigenvalue weighted by molar-refractivity contribution is 5.83. The second-order valence-electron chi connectivity index (χ2n) is 8.10. The Morgan fingerprint density at radius 2 is 1.18 bits per heavy atom. The zero-order valence-electron chi connectivity index (χ0n) is 17.3. The van der Waals surface area contributed by atoms with Gasteiger partial charge in [0.15, 0.2) is 5.96 Å². The van der Waals surface area contributed by atoms with Crippen molar-refractivity contribution >= 4 is 18.1 Å². The number of aliphatic imine (C=N–C) groups is 1. The Morgan fingerprint density at radius 3 is 1.57 bits per heavy atom. The predicted molar refractivity (Wildman–Crippen MR) is 121 cm³/mol. The van der Waals surface area contributed by atoms with Crippen LogP contribution in [0.5, 0.6) is 0 Å². The van der Waals surface area contributed by atoms with Gasteiger partial charge in [0, 0.05) is 26.2 Å². The fourth-order valence-corrected chi connectivity index (χ4v) is 3.19. The lowest BCUT2D eigenvalue weighted by Gasteiger charge is -2.25. The fourth-order valence-electron chi connectivity index (χ4n) is 3.19. The van der Waals surface area contributed by atoms with Crippen LogP contribution in [0, 0.1) is 0 Å². The van der Waals surface area contributed by atoms with E-state index in [2.05, 4.69) is 103 Å². The first-order chi connectivity index (χ1) is 13.5. The van der Waals surface area contributed by atoms with E-state index in [4.69, 9.17) is 4.99 Å². The molecule has 0 bridgehead atoms. The van der Waals surface area contributed by atoms with Gasteiger partial charge in [-0.05, 0) is 31.9 Å². The summed E-state index contributed by atoms with van der Waals surface area (Å²) >= 11 is 0. The van der Waals surface area contributed by atoms with Gasteiger partial charge in [0.2, 0.25) is 0 Å². The molecule has 0 aromatic heterocycles. The summed E-state index contributed by atoms with van der Waals surface area (Å²) in [7, 11) is 0. The maximum absolute atomic E-state index is 5.02. The average Bonchev–Trinajstić information content (AvgIpc) is 3.04. The third-order valence-electron chi connectivity index (χ3n) is 4.51. The van der Waals surface area contributed by atoms with Crippen molar-refractivity contribution in [2.24, 2.45) is 4.99 Å². The summed E-state index contributed by atoms with van der Waals surface area (Å²) in [5.74, 6) is 1.10. The number of hydrogen-bond acceptors (Lipinski definition) is 1. The van der Waals surface area contributed by atoms with Crippen LogP contribution in [-0.2, 0) is 0 Å². The van der Waals surface area contributed by atoms with Gasteiger partial charge < -0.3 is 9.80 Å². The van der Waals surface area contributed by atoms with E-state index in [1.807, 2.05) is 12.1 Å². The van der Waals surface area contributed by atoms with E-state index in [-0.39, 0.29) is 5.54 Å². The van der Waals surface area contributed by atoms with Gasteiger partial charge in [-0.25, -0.2) is 4.99 Å². The van der Waals surface area contributed by atoms with Gasteiger partial charge in [0.1, 0.15) is 0 Å². The van der Waals surface area contributed by atoms with Gasteiger partial charge in [-0.1, -0.05) is 85.0 Å². The molecule has 146 valence electrons. The number of rotatable bonds is 6. The Balaban J connectivity index is 1.66. The Hall–Kier alpha value is -2.81. The second kappa shape index (κ2) is 9.41. The second-order valence-corrected chi connectivity index (χ2v) is 8.10. The molecule has 1 saturated heterocycles. The highest BCUT2D eigenvalue weighted by Gasteiger charge is 2.26. The number of benzene rings is 2. The van der Waals surface area contributed by atoms with Crippen molar-refractivity contribution in [2.45, 2.75) is 26.3 Å². The van der Waals surface area contributed by atoms with Crippen LogP contribution in [0.3, 0.4) is 0 Å². The molecule has 2 aromatic rings. The molecular formula is C25H31N3. The highest BCUT2D eigenvalue weighted by Crippen LogP contribution is 2.16. The monoisotopic (exact) mass is 373 g/mol. The molecule has 0 unspecified atom stereocenters. The molecule has 3 nitrogen and oxygen atoms in total. The minimum atomic E-state index is -0.0948. The van der Waals surface area contributed by atoms with Crippen molar-refractivity contribution in [3.63, 3.8) is 0 Å². The van der Waals surface area contributed by atoms with E-state index in [0.717, 1.165) is 32.1 Å². The lowest BCUT2D eigenvalue weighted by atomic mass is 10.1. The van der Waals surface area contributed by atoms with Crippen LogP contribution in [-0.4, -0.2) is 47.5 Å². The Bertz CT molecular complexity index is 752. The molecule has 0 atom stereocenters. The summed E-state index contributed by atoms with van der Waals surface area (Å²) in [6.45, 7) is 10.3. The van der Waals surface area contributed by atoms with E-state index in [0.29, 0.717) is 0 Å². The molecule has 3 rings (SSSR count). The first kappa shape index (κ1) is 19.9. The van der Waals surface area contributed by atoms with E-state index >= 15 is 0 Å². The van der Waals surface area contributed by atoms with Gasteiger partial charge in [0.05, 0.1) is 5.54 Å². The molecular weight excluding hydrogens is 342 g/mol. The van der Waals surface area contributed by atoms with E-state index in [1.165, 1.54) is 11.1 Å². The van der Waals surface area contributed by atoms with Crippen LogP contribution in [0.4, 0.5) is 0 Å². The quantitative estimate of drug-likeness (QED) is 0.694. The standard InChI is InChI=1S/C25H31N3/c1-25(2,3)26-24-27(18-10-16-22-12-6-4-7-13-22)20-21-28(24)19-11-17-23-14-8-5-9-15-23/h4-17H,18-21H2,1-3H3/b16-10+,17-11+. The summed E-state index contributed by atoms with van der Waals surface area (Å²) in [6, 6.07) is 20.9. The Kier molecular flexibility index (Phi) is 6.70. The van der Waals surface area contributed by atoms with Crippen molar-refractivity contribution in [3.8, 4) is 0 Å². The van der Waals surface area contributed by atoms with E-state index in [1.54, 1.807) is 0 Å². The zero-order valence-corrected chi connectivity index (χ0v) is 17.3. The van der Waals surface area contributed by atoms with Gasteiger partial charge in [-0.3, -0.25) is 0 Å². The Labute approximate surface area is 169 Å². The first-order valence-corrected chi connectivity index (χ1v) is 10.0. The van der Waals surface area contributed by atoms with Crippen LogP contribution >= 0.6 is 0 Å². The molecule has 1 fully saturated rings. The zero-order chi connectivity index (χ0) is 19.8. The molecule has 3 heteroatoms. The third kappa shape index (κ3) is 6.12. The summed E-state index contributed by atoms with van der Waals surface area (Å²) < 4.78 is 0. The van der Waals surface area contributed by atoms with Crippen LogP contribution in [0.2, 0.25) is 0 Å². The molecule has 1 aliphatic heterocycles. The molecule has 1 aliphatic rings. The van der Waals surface area contributed by atoms with Gasteiger partial charge in [-0.2, -0.15) is 0 Å². The molecule has 0 N–H and O–H groups in total. The molecule has 0 amide bonds. The SMILES string of the molecule is CC(C)(C)N=C1N(C/C=C/c2ccccc2)CCN1C/C=C/c1ccccc1. The first-order valence-electron chi connectivity index (χ1n) is 10.0. The predicted octanol–water partition coefficient (Wildman–Crippen LogP) is 5.19. The number of nitrogens with zero attached hydrogens (tertiary/aromatic N) is 3. The van der Waals surface area contributed by atoms with Crippen LogP contribution in [0.25, 0.3) is 12.2 Å². The molecule has 28 heavy (non-hydrogen) atoms. The maximum Gasteiger partial charge on any atom is 0.197 e. The van der Waals surface area contributed by atoms with Crippen molar-refractivity contribution in [1.82, 2.24) is 9.80 Å². The number of hydrogen-bond donors (Lipinski definition) is 0. The molecule has 0 aliphatic carbocycles. The molecule has 0 spiro atoms. The summed E-state index contributed by atoms with van der Waals surface area (Å²) in [6.07, 6.45) is 8.84. The fraction of sp³-hybridized carbons (Fsp3) is 0.320. The maximum atomic E-state index is 5.02. The normalized spacial score (nSPS) is 15.2. The highest BCUT2D eigenvalue weighted by atomic mass is 15.4. The van der Waals surface area contributed by atoms with Gasteiger partial charge >= 0.3 is 0 Å². The van der Waals surface area contributed by atoms with E-state index in [9.17, 15) is 0 Å². The smallest absolute Gasteiger partial charge is 0.197 e. The van der Waals surface area contributed by atoms with Crippen molar-refractivity contribution in [2.75, 3.05) is 26.2 Å². The molecule has 0 saturated carbocycles. The topological polar surface area (TPSA) is 18.8 Å². The van der Waals surface area contributed by atoms with Crippen LogP contribution < -0.4 is 0 Å². The molecule has 0 radical (unpaired) electrons. The van der Waals surface area contributed by atoms with Crippen molar-refractivity contribution < 1.29 is 0 Å². The van der Waals surface area contributed by atoms with Gasteiger partial charge in [0.25, 0.3) is 0 Å². The minimum absolute atomic E-state index is 0.0948. The Morgan fingerprint density at radius 1 is 0.750 bits per heavy atom. The number of guanidine groups is 1. The summed E-state index contributed by atoms with van der Waals surface area (Å²) in [5.41, 5.74) is 2.37.